The van der Waals surface area contributed by atoms with Gasteiger partial charge in [0, 0.05) is 18.6 Å². The van der Waals surface area contributed by atoms with E-state index in [1.807, 2.05) is 0 Å². The van der Waals surface area contributed by atoms with Crippen LogP contribution in [-0.2, 0) is 0 Å². The van der Waals surface area contributed by atoms with Crippen LogP contribution in [0, 0.1) is 12.8 Å². The van der Waals surface area contributed by atoms with Crippen molar-refractivity contribution in [3.8, 4) is 0 Å². The van der Waals surface area contributed by atoms with Gasteiger partial charge >= 0.3 is 0 Å². The number of rotatable bonds is 9. The van der Waals surface area contributed by atoms with Crippen molar-refractivity contribution in [2.75, 3.05) is 13.1 Å². The molecular formula is C19H34N2. The Morgan fingerprint density at radius 1 is 1.05 bits per heavy atom. The van der Waals surface area contributed by atoms with Gasteiger partial charge < -0.3 is 5.73 Å². The van der Waals surface area contributed by atoms with E-state index in [4.69, 9.17) is 5.73 Å². The number of nitrogens with two attached hydrogens (primary N) is 1. The molecular weight excluding hydrogens is 256 g/mol. The van der Waals surface area contributed by atoms with Gasteiger partial charge in [-0.15, -0.1) is 0 Å². The van der Waals surface area contributed by atoms with E-state index in [0.29, 0.717) is 6.04 Å². The minimum Gasteiger partial charge on any atom is -0.326 e. The average molecular weight is 290 g/mol. The minimum atomic E-state index is 0.195. The summed E-state index contributed by atoms with van der Waals surface area (Å²) >= 11 is 0. The Morgan fingerprint density at radius 3 is 2.19 bits per heavy atom. The van der Waals surface area contributed by atoms with E-state index in [-0.39, 0.29) is 6.04 Å². The fraction of sp³-hybridized carbons (Fsp3) is 0.684. The Morgan fingerprint density at radius 2 is 1.71 bits per heavy atom. The quantitative estimate of drug-likeness (QED) is 0.724. The maximum Gasteiger partial charge on any atom is 0.0499 e. The predicted octanol–water partition coefficient (Wildman–Crippen LogP) is 4.53. The summed E-state index contributed by atoms with van der Waals surface area (Å²) in [7, 11) is 0. The number of hydrogen-bond acceptors (Lipinski definition) is 2. The normalized spacial score (nSPS) is 14.7. The Hall–Kier alpha value is -0.860. The van der Waals surface area contributed by atoms with Gasteiger partial charge in [-0.3, -0.25) is 4.90 Å². The first-order valence-corrected chi connectivity index (χ1v) is 8.63. The van der Waals surface area contributed by atoms with Gasteiger partial charge in [-0.1, -0.05) is 70.4 Å². The van der Waals surface area contributed by atoms with Crippen LogP contribution in [0.15, 0.2) is 24.3 Å². The average Bonchev–Trinajstić information content (AvgIpc) is 2.50. The third-order valence-electron chi connectivity index (χ3n) is 4.71. The van der Waals surface area contributed by atoms with Crippen molar-refractivity contribution in [3.05, 3.63) is 35.4 Å². The van der Waals surface area contributed by atoms with E-state index in [2.05, 4.69) is 63.8 Å². The molecule has 0 heterocycles. The molecule has 0 radical (unpaired) electrons. The Bertz CT molecular complexity index is 398. The first-order valence-electron chi connectivity index (χ1n) is 8.63. The molecule has 0 aliphatic heterocycles. The highest BCUT2D eigenvalue weighted by Crippen LogP contribution is 2.27. The second-order valence-electron chi connectivity index (χ2n) is 6.20. The van der Waals surface area contributed by atoms with Crippen molar-refractivity contribution in [1.82, 2.24) is 4.90 Å². The maximum atomic E-state index is 6.49. The van der Waals surface area contributed by atoms with Gasteiger partial charge in [-0.2, -0.15) is 0 Å². The summed E-state index contributed by atoms with van der Waals surface area (Å²) in [5, 5.41) is 0. The lowest BCUT2D eigenvalue weighted by atomic mass is 9.93. The zero-order valence-corrected chi connectivity index (χ0v) is 14.6. The molecule has 0 aliphatic carbocycles. The molecule has 2 N–H and O–H groups in total. The van der Waals surface area contributed by atoms with Crippen LogP contribution in [0.4, 0.5) is 0 Å². The van der Waals surface area contributed by atoms with Crippen LogP contribution >= 0.6 is 0 Å². The molecule has 0 aromatic heterocycles. The summed E-state index contributed by atoms with van der Waals surface area (Å²) in [5.41, 5.74) is 9.18. The number of hydrogen-bond donors (Lipinski definition) is 1. The molecule has 2 nitrogen and oxygen atoms in total. The molecule has 1 rings (SSSR count). The Kier molecular flexibility index (Phi) is 7.98. The summed E-state index contributed by atoms with van der Waals surface area (Å²) in [6, 6.07) is 9.39. The molecule has 0 aliphatic rings. The molecule has 0 amide bonds. The van der Waals surface area contributed by atoms with E-state index in [0.717, 1.165) is 25.4 Å². The first-order chi connectivity index (χ1) is 10.1. The lowest BCUT2D eigenvalue weighted by molar-refractivity contribution is 0.147. The number of nitrogens with zero attached hydrogens (tertiary/aromatic N) is 1. The molecule has 0 fully saturated rings. The molecule has 2 heteroatoms. The highest BCUT2D eigenvalue weighted by atomic mass is 15.2. The highest BCUT2D eigenvalue weighted by Gasteiger charge is 2.26. The SMILES string of the molecule is CCC(CC)CN(CC)C(c1cccc(C)c1)C(N)CC. The molecule has 0 saturated heterocycles. The van der Waals surface area contributed by atoms with Crippen LogP contribution in [0.2, 0.25) is 0 Å². The maximum absolute atomic E-state index is 6.49. The van der Waals surface area contributed by atoms with Crippen LogP contribution in [0.1, 0.15) is 64.1 Å². The highest BCUT2D eigenvalue weighted by molar-refractivity contribution is 5.26. The fourth-order valence-corrected chi connectivity index (χ4v) is 3.12. The summed E-state index contributed by atoms with van der Waals surface area (Å²) in [4.78, 5) is 2.58. The summed E-state index contributed by atoms with van der Waals surface area (Å²) in [5.74, 6) is 0.765. The zero-order chi connectivity index (χ0) is 15.8. The Labute approximate surface area is 131 Å². The van der Waals surface area contributed by atoms with E-state index in [1.165, 1.54) is 24.0 Å². The van der Waals surface area contributed by atoms with E-state index in [9.17, 15) is 0 Å². The van der Waals surface area contributed by atoms with E-state index >= 15 is 0 Å². The summed E-state index contributed by atoms with van der Waals surface area (Å²) < 4.78 is 0. The molecule has 0 saturated carbocycles. The van der Waals surface area contributed by atoms with Gasteiger partial charge in [0.05, 0.1) is 0 Å². The molecule has 1 aromatic rings. The van der Waals surface area contributed by atoms with Gasteiger partial charge in [0.2, 0.25) is 0 Å². The van der Waals surface area contributed by atoms with Crippen molar-refractivity contribution in [1.29, 1.82) is 0 Å². The lowest BCUT2D eigenvalue weighted by Gasteiger charge is -2.37. The summed E-state index contributed by atoms with van der Waals surface area (Å²) in [6.45, 7) is 13.4. The Balaban J connectivity index is 3.04. The largest absolute Gasteiger partial charge is 0.326 e. The van der Waals surface area contributed by atoms with Crippen molar-refractivity contribution in [2.45, 2.75) is 66.0 Å². The van der Waals surface area contributed by atoms with Gasteiger partial charge in [-0.05, 0) is 31.4 Å². The predicted molar refractivity (Wildman–Crippen MR) is 93.5 cm³/mol. The van der Waals surface area contributed by atoms with Crippen LogP contribution in [0.3, 0.4) is 0 Å². The summed E-state index contributed by atoms with van der Waals surface area (Å²) in [6.07, 6.45) is 3.50. The fourth-order valence-electron chi connectivity index (χ4n) is 3.12. The number of benzene rings is 1. The topological polar surface area (TPSA) is 29.3 Å². The first kappa shape index (κ1) is 18.2. The molecule has 2 atom stereocenters. The number of likely N-dealkylation sites (N-methyl/N-ethyl adjacent to an activating group) is 1. The van der Waals surface area contributed by atoms with Crippen molar-refractivity contribution < 1.29 is 0 Å². The zero-order valence-electron chi connectivity index (χ0n) is 14.6. The molecule has 0 bridgehead atoms. The minimum absolute atomic E-state index is 0.195. The monoisotopic (exact) mass is 290 g/mol. The molecule has 0 spiro atoms. The van der Waals surface area contributed by atoms with Gasteiger partial charge in [-0.25, -0.2) is 0 Å². The molecule has 1 aromatic carbocycles. The van der Waals surface area contributed by atoms with Gasteiger partial charge in [0.25, 0.3) is 0 Å². The van der Waals surface area contributed by atoms with Crippen LogP contribution < -0.4 is 5.73 Å². The molecule has 21 heavy (non-hydrogen) atoms. The van der Waals surface area contributed by atoms with Gasteiger partial charge in [0.1, 0.15) is 0 Å². The van der Waals surface area contributed by atoms with Crippen molar-refractivity contribution in [2.24, 2.45) is 11.7 Å². The second-order valence-corrected chi connectivity index (χ2v) is 6.20. The van der Waals surface area contributed by atoms with Crippen molar-refractivity contribution >= 4 is 0 Å². The van der Waals surface area contributed by atoms with Crippen LogP contribution in [0.25, 0.3) is 0 Å². The van der Waals surface area contributed by atoms with Crippen LogP contribution in [0.5, 0.6) is 0 Å². The van der Waals surface area contributed by atoms with E-state index < -0.39 is 0 Å². The molecule has 2 unspecified atom stereocenters. The molecule has 120 valence electrons. The number of aryl methyl sites for hydroxylation is 1. The smallest absolute Gasteiger partial charge is 0.0499 e. The standard InChI is InChI=1S/C19H34N2/c1-6-16(7-2)14-21(9-4)19(18(20)8-3)17-12-10-11-15(5)13-17/h10-13,16,18-19H,6-9,14,20H2,1-5H3. The van der Waals surface area contributed by atoms with Crippen molar-refractivity contribution in [3.63, 3.8) is 0 Å². The van der Waals surface area contributed by atoms with Crippen LogP contribution in [-0.4, -0.2) is 24.0 Å². The van der Waals surface area contributed by atoms with E-state index in [1.54, 1.807) is 0 Å². The van der Waals surface area contributed by atoms with Gasteiger partial charge in [0.15, 0.2) is 0 Å². The second kappa shape index (κ2) is 9.22. The lowest BCUT2D eigenvalue weighted by Crippen LogP contribution is -2.42. The third kappa shape index (κ3) is 5.12. The third-order valence-corrected chi connectivity index (χ3v) is 4.71.